The molecule has 0 aliphatic carbocycles. The highest BCUT2D eigenvalue weighted by molar-refractivity contribution is 4.81. The molecule has 1 fully saturated rings. The summed E-state index contributed by atoms with van der Waals surface area (Å²) in [5.74, 6) is 1.39. The molecular weight excluding hydrogens is 214 g/mol. The lowest BCUT2D eigenvalue weighted by Crippen LogP contribution is -2.51. The van der Waals surface area contributed by atoms with Gasteiger partial charge in [0.2, 0.25) is 0 Å². The van der Waals surface area contributed by atoms with Crippen LogP contribution in [0, 0.1) is 11.8 Å². The zero-order valence-electron chi connectivity index (χ0n) is 12.1. The fourth-order valence-corrected chi connectivity index (χ4v) is 2.44. The van der Waals surface area contributed by atoms with Gasteiger partial charge in [0.15, 0.2) is 0 Å². The average molecular weight is 243 g/mol. The van der Waals surface area contributed by atoms with E-state index in [2.05, 4.69) is 39.9 Å². The van der Waals surface area contributed by atoms with Crippen molar-refractivity contribution in [2.45, 2.75) is 52.7 Å². The van der Waals surface area contributed by atoms with Crippen molar-refractivity contribution >= 4 is 0 Å². The molecule has 0 aromatic carbocycles. The van der Waals surface area contributed by atoms with Crippen LogP contribution >= 0.6 is 0 Å². The molecule has 0 amide bonds. The van der Waals surface area contributed by atoms with E-state index < -0.39 is 0 Å². The molecule has 2 atom stereocenters. The molecule has 1 heterocycles. The summed E-state index contributed by atoms with van der Waals surface area (Å²) in [6.07, 6.45) is 1.43. The van der Waals surface area contributed by atoms with Crippen LogP contribution < -0.4 is 5.32 Å². The first-order valence-electron chi connectivity index (χ1n) is 6.85. The largest absolute Gasteiger partial charge is 0.378 e. The molecular formula is C14H29NO2. The molecule has 0 radical (unpaired) electrons. The Labute approximate surface area is 106 Å². The van der Waals surface area contributed by atoms with Gasteiger partial charge in [-0.05, 0) is 32.1 Å². The van der Waals surface area contributed by atoms with E-state index >= 15 is 0 Å². The lowest BCUT2D eigenvalue weighted by atomic mass is 10.00. The zero-order valence-corrected chi connectivity index (χ0v) is 12.1. The van der Waals surface area contributed by atoms with Crippen LogP contribution in [0.15, 0.2) is 0 Å². The van der Waals surface area contributed by atoms with Gasteiger partial charge < -0.3 is 14.8 Å². The summed E-state index contributed by atoms with van der Waals surface area (Å²) in [4.78, 5) is 0. The summed E-state index contributed by atoms with van der Waals surface area (Å²) < 4.78 is 11.7. The smallest absolute Gasteiger partial charge is 0.0940 e. The van der Waals surface area contributed by atoms with E-state index in [9.17, 15) is 0 Å². The van der Waals surface area contributed by atoms with Crippen molar-refractivity contribution < 1.29 is 9.47 Å². The lowest BCUT2D eigenvalue weighted by Gasteiger charge is -2.36. The second kappa shape index (κ2) is 6.72. The van der Waals surface area contributed by atoms with Crippen LogP contribution in [0.3, 0.4) is 0 Å². The molecule has 0 aromatic rings. The van der Waals surface area contributed by atoms with Crippen molar-refractivity contribution in [1.82, 2.24) is 5.32 Å². The SMILES string of the molecule is CC(C)CC(C)COCC1CNCC(C)(C)O1. The standard InChI is InChI=1S/C14H29NO2/c1-11(2)6-12(3)8-16-9-13-7-15-10-14(4,5)17-13/h11-13,15H,6-10H2,1-5H3. The number of morpholine rings is 1. The molecule has 102 valence electrons. The quantitative estimate of drug-likeness (QED) is 0.777. The van der Waals surface area contributed by atoms with Crippen molar-refractivity contribution in [2.24, 2.45) is 11.8 Å². The van der Waals surface area contributed by atoms with E-state index in [0.717, 1.165) is 25.6 Å². The predicted octanol–water partition coefficient (Wildman–Crippen LogP) is 2.45. The van der Waals surface area contributed by atoms with Crippen LogP contribution in [0.5, 0.6) is 0 Å². The molecule has 0 saturated carbocycles. The van der Waals surface area contributed by atoms with Crippen LogP contribution in [-0.4, -0.2) is 38.0 Å². The van der Waals surface area contributed by atoms with Gasteiger partial charge in [0, 0.05) is 19.7 Å². The molecule has 3 heteroatoms. The Morgan fingerprint density at radius 2 is 2.06 bits per heavy atom. The first kappa shape index (κ1) is 14.9. The molecule has 1 aliphatic heterocycles. The monoisotopic (exact) mass is 243 g/mol. The Hall–Kier alpha value is -0.120. The number of nitrogens with one attached hydrogen (secondary N) is 1. The van der Waals surface area contributed by atoms with Crippen molar-refractivity contribution in [1.29, 1.82) is 0 Å². The number of ether oxygens (including phenoxy) is 2. The van der Waals surface area contributed by atoms with Crippen LogP contribution in [-0.2, 0) is 9.47 Å². The van der Waals surface area contributed by atoms with Gasteiger partial charge in [-0.25, -0.2) is 0 Å². The highest BCUT2D eigenvalue weighted by Crippen LogP contribution is 2.16. The normalized spacial score (nSPS) is 26.1. The first-order chi connectivity index (χ1) is 7.89. The van der Waals surface area contributed by atoms with Crippen LogP contribution in [0.4, 0.5) is 0 Å². The third kappa shape index (κ3) is 6.39. The molecule has 0 aromatic heterocycles. The van der Waals surface area contributed by atoms with E-state index in [1.807, 2.05) is 0 Å². The maximum atomic E-state index is 5.95. The summed E-state index contributed by atoms with van der Waals surface area (Å²) in [6.45, 7) is 14.4. The van der Waals surface area contributed by atoms with Gasteiger partial charge in [-0.15, -0.1) is 0 Å². The maximum absolute atomic E-state index is 5.95. The van der Waals surface area contributed by atoms with Crippen molar-refractivity contribution in [3.05, 3.63) is 0 Å². The van der Waals surface area contributed by atoms with Crippen molar-refractivity contribution in [2.75, 3.05) is 26.3 Å². The number of hydrogen-bond acceptors (Lipinski definition) is 3. The first-order valence-corrected chi connectivity index (χ1v) is 6.85. The molecule has 2 unspecified atom stereocenters. The summed E-state index contributed by atoms with van der Waals surface area (Å²) in [5.41, 5.74) is -0.0597. The second-order valence-electron chi connectivity index (χ2n) is 6.40. The van der Waals surface area contributed by atoms with Crippen LogP contribution in [0.2, 0.25) is 0 Å². The van der Waals surface area contributed by atoms with Gasteiger partial charge >= 0.3 is 0 Å². The highest BCUT2D eigenvalue weighted by Gasteiger charge is 2.28. The third-order valence-corrected chi connectivity index (χ3v) is 2.99. The minimum absolute atomic E-state index is 0.0597. The van der Waals surface area contributed by atoms with E-state index in [1.54, 1.807) is 0 Å². The van der Waals surface area contributed by atoms with E-state index in [0.29, 0.717) is 12.5 Å². The molecule has 1 N–H and O–H groups in total. The Morgan fingerprint density at radius 3 is 2.65 bits per heavy atom. The van der Waals surface area contributed by atoms with Crippen LogP contribution in [0.1, 0.15) is 41.0 Å². The second-order valence-corrected chi connectivity index (χ2v) is 6.40. The van der Waals surface area contributed by atoms with Crippen molar-refractivity contribution in [3.8, 4) is 0 Å². The average Bonchev–Trinajstić information content (AvgIpc) is 2.14. The topological polar surface area (TPSA) is 30.5 Å². The van der Waals surface area contributed by atoms with Gasteiger partial charge in [-0.3, -0.25) is 0 Å². The third-order valence-electron chi connectivity index (χ3n) is 2.99. The molecule has 1 saturated heterocycles. The van der Waals surface area contributed by atoms with E-state index in [1.165, 1.54) is 6.42 Å². The molecule has 3 nitrogen and oxygen atoms in total. The summed E-state index contributed by atoms with van der Waals surface area (Å²) >= 11 is 0. The molecule has 1 rings (SSSR count). The fourth-order valence-electron chi connectivity index (χ4n) is 2.44. The molecule has 17 heavy (non-hydrogen) atoms. The Bertz CT molecular complexity index is 216. The van der Waals surface area contributed by atoms with Crippen LogP contribution in [0.25, 0.3) is 0 Å². The molecule has 0 spiro atoms. The summed E-state index contributed by atoms with van der Waals surface area (Å²) in [6, 6.07) is 0. The number of hydrogen-bond donors (Lipinski definition) is 1. The van der Waals surface area contributed by atoms with E-state index in [-0.39, 0.29) is 11.7 Å². The lowest BCUT2D eigenvalue weighted by molar-refractivity contribution is -0.122. The van der Waals surface area contributed by atoms with Gasteiger partial charge in [0.05, 0.1) is 18.3 Å². The van der Waals surface area contributed by atoms with E-state index in [4.69, 9.17) is 9.47 Å². The zero-order chi connectivity index (χ0) is 12.9. The Morgan fingerprint density at radius 1 is 1.35 bits per heavy atom. The van der Waals surface area contributed by atoms with Gasteiger partial charge in [0.25, 0.3) is 0 Å². The summed E-state index contributed by atoms with van der Waals surface area (Å²) in [5, 5.41) is 3.39. The predicted molar refractivity (Wildman–Crippen MR) is 71.3 cm³/mol. The highest BCUT2D eigenvalue weighted by atomic mass is 16.5. The molecule has 0 bridgehead atoms. The van der Waals surface area contributed by atoms with Gasteiger partial charge in [0.1, 0.15) is 0 Å². The minimum atomic E-state index is -0.0597. The number of rotatable bonds is 6. The minimum Gasteiger partial charge on any atom is -0.378 e. The van der Waals surface area contributed by atoms with Crippen molar-refractivity contribution in [3.63, 3.8) is 0 Å². The molecule has 1 aliphatic rings. The summed E-state index contributed by atoms with van der Waals surface area (Å²) in [7, 11) is 0. The Kier molecular flexibility index (Phi) is 5.90. The van der Waals surface area contributed by atoms with Gasteiger partial charge in [-0.1, -0.05) is 20.8 Å². The Balaban J connectivity index is 2.14. The fraction of sp³-hybridized carbons (Fsp3) is 1.00. The van der Waals surface area contributed by atoms with Gasteiger partial charge in [-0.2, -0.15) is 0 Å². The maximum Gasteiger partial charge on any atom is 0.0940 e.